The topological polar surface area (TPSA) is 43.1 Å². The quantitative estimate of drug-likeness (QED) is 0.397. The van der Waals surface area contributed by atoms with E-state index in [1.54, 1.807) is 17.4 Å². The van der Waals surface area contributed by atoms with Crippen LogP contribution in [-0.4, -0.2) is 5.78 Å². The van der Waals surface area contributed by atoms with Gasteiger partial charge in [0.1, 0.15) is 0 Å². The third-order valence-corrected chi connectivity index (χ3v) is 7.94. The van der Waals surface area contributed by atoms with Crippen molar-refractivity contribution in [1.29, 1.82) is 0 Å². The average molecular weight is 380 g/mol. The normalized spacial score (nSPS) is 23.6. The average Bonchev–Trinajstić information content (AvgIpc) is 3.05. The molecule has 27 heavy (non-hydrogen) atoms. The summed E-state index contributed by atoms with van der Waals surface area (Å²) < 4.78 is 0. The van der Waals surface area contributed by atoms with E-state index >= 15 is 0 Å². The Morgan fingerprint density at radius 3 is 2.52 bits per heavy atom. The van der Waals surface area contributed by atoms with Crippen molar-refractivity contribution in [3.05, 3.63) is 55.8 Å². The Kier molecular flexibility index (Phi) is 4.54. The maximum Gasteiger partial charge on any atom is 0.196 e. The molecule has 1 unspecified atom stereocenters. The zero-order chi connectivity index (χ0) is 19.5. The van der Waals surface area contributed by atoms with Gasteiger partial charge in [-0.25, -0.2) is 0 Å². The number of carbonyl (C=O) groups is 1. The molecule has 0 amide bonds. The van der Waals surface area contributed by atoms with Crippen molar-refractivity contribution >= 4 is 28.9 Å². The summed E-state index contributed by atoms with van der Waals surface area (Å²) in [6, 6.07) is 4.09. The summed E-state index contributed by atoms with van der Waals surface area (Å²) in [6.07, 6.45) is 6.09. The summed E-state index contributed by atoms with van der Waals surface area (Å²) >= 11 is 1.70. The highest BCUT2D eigenvalue weighted by atomic mass is 32.1. The minimum absolute atomic E-state index is 0.152. The lowest BCUT2D eigenvalue weighted by Crippen LogP contribution is -2.35. The number of hydrogen-bond donors (Lipinski definition) is 1. The summed E-state index contributed by atoms with van der Waals surface area (Å²) in [5, 5.41) is 0. The van der Waals surface area contributed by atoms with Crippen molar-refractivity contribution in [2.75, 3.05) is 5.73 Å². The molecular weight excluding hydrogens is 350 g/mol. The van der Waals surface area contributed by atoms with Crippen LogP contribution in [0.2, 0.25) is 0 Å². The molecule has 142 valence electrons. The Morgan fingerprint density at radius 1 is 1.22 bits per heavy atom. The number of thiophene rings is 1. The molecule has 0 bridgehead atoms. The van der Waals surface area contributed by atoms with Gasteiger partial charge in [0.2, 0.25) is 0 Å². The maximum atomic E-state index is 13.0. The largest absolute Gasteiger partial charge is 0.398 e. The molecule has 1 aromatic carbocycles. The molecule has 4 rings (SSSR count). The van der Waals surface area contributed by atoms with E-state index in [-0.39, 0.29) is 5.78 Å². The van der Waals surface area contributed by atoms with E-state index in [2.05, 4.69) is 20.8 Å². The minimum atomic E-state index is 0.152. The van der Waals surface area contributed by atoms with Gasteiger partial charge in [-0.2, -0.15) is 0 Å². The molecule has 0 radical (unpaired) electrons. The van der Waals surface area contributed by atoms with E-state index < -0.39 is 0 Å². The Morgan fingerprint density at radius 2 is 1.89 bits per heavy atom. The number of aryl methyl sites for hydroxylation is 3. The van der Waals surface area contributed by atoms with E-state index in [4.69, 9.17) is 5.73 Å². The summed E-state index contributed by atoms with van der Waals surface area (Å²) in [7, 11) is 0. The summed E-state index contributed by atoms with van der Waals surface area (Å²) in [4.78, 5) is 15.3. The van der Waals surface area contributed by atoms with Gasteiger partial charge in [-0.05, 0) is 103 Å². The van der Waals surface area contributed by atoms with Gasteiger partial charge in [-0.1, -0.05) is 19.9 Å². The number of nitrogens with two attached hydrogens (primary N) is 1. The van der Waals surface area contributed by atoms with Gasteiger partial charge in [-0.15, -0.1) is 11.3 Å². The standard InChI is InChI=1S/C24H29NOS/c1-12(2)17-10-19-18(17)11-20-22(19)15(5)27-24(20)21(26)7-6-16-8-13(3)23(25)14(4)9-16/h6-9,12,17-19H,10-11,25H2,1-5H3/b7-6+/t17?,18-,19+/m0/s1. The van der Waals surface area contributed by atoms with Crippen LogP contribution in [0.15, 0.2) is 18.2 Å². The molecule has 2 aromatic rings. The number of nitrogen functional groups attached to an aromatic ring is 1. The molecule has 0 aliphatic heterocycles. The molecule has 2 N–H and O–H groups in total. The molecule has 3 atom stereocenters. The SMILES string of the molecule is Cc1cc(/C=C/C(=O)c2sc(C)c3c2C[C@H]2C(C(C)C)C[C@@H]32)cc(C)c1N. The van der Waals surface area contributed by atoms with Crippen molar-refractivity contribution in [2.24, 2.45) is 17.8 Å². The number of anilines is 1. The fourth-order valence-corrected chi connectivity index (χ4v) is 6.39. The molecule has 2 aliphatic carbocycles. The van der Waals surface area contributed by atoms with Gasteiger partial charge in [0.25, 0.3) is 0 Å². The van der Waals surface area contributed by atoms with Crippen LogP contribution in [-0.2, 0) is 6.42 Å². The lowest BCUT2D eigenvalue weighted by molar-refractivity contribution is 0.0999. The third kappa shape index (κ3) is 2.97. The van der Waals surface area contributed by atoms with Crippen molar-refractivity contribution < 1.29 is 4.79 Å². The fourth-order valence-electron chi connectivity index (χ4n) is 5.22. The van der Waals surface area contributed by atoms with Crippen molar-refractivity contribution in [3.63, 3.8) is 0 Å². The van der Waals surface area contributed by atoms with Crippen molar-refractivity contribution in [2.45, 2.75) is 53.4 Å². The monoisotopic (exact) mass is 379 g/mol. The molecule has 1 heterocycles. The first kappa shape index (κ1) is 18.5. The molecule has 2 nitrogen and oxygen atoms in total. The summed E-state index contributed by atoms with van der Waals surface area (Å²) in [6.45, 7) is 10.9. The second-order valence-electron chi connectivity index (χ2n) is 8.76. The highest BCUT2D eigenvalue weighted by Gasteiger charge is 2.50. The number of hydrogen-bond acceptors (Lipinski definition) is 3. The van der Waals surface area contributed by atoms with Crippen LogP contribution in [0.25, 0.3) is 6.08 Å². The number of carbonyl (C=O) groups excluding carboxylic acids is 1. The van der Waals surface area contributed by atoms with Crippen molar-refractivity contribution in [1.82, 2.24) is 0 Å². The van der Waals surface area contributed by atoms with Crippen LogP contribution < -0.4 is 5.73 Å². The van der Waals surface area contributed by atoms with Gasteiger partial charge < -0.3 is 5.73 Å². The third-order valence-electron chi connectivity index (χ3n) is 6.76. The van der Waals surface area contributed by atoms with Gasteiger partial charge in [-0.3, -0.25) is 4.79 Å². The second-order valence-corrected chi connectivity index (χ2v) is 9.99. The molecule has 3 heteroatoms. The number of ketones is 1. The van der Waals surface area contributed by atoms with Crippen LogP contribution in [0.1, 0.15) is 68.6 Å². The highest BCUT2D eigenvalue weighted by Crippen LogP contribution is 2.60. The molecule has 1 saturated carbocycles. The molecule has 0 saturated heterocycles. The molecule has 1 fully saturated rings. The smallest absolute Gasteiger partial charge is 0.196 e. The molecular formula is C24H29NOS. The Hall–Kier alpha value is -1.87. The predicted octanol–water partition coefficient (Wildman–Crippen LogP) is 6.08. The van der Waals surface area contributed by atoms with Crippen LogP contribution in [0, 0.1) is 38.5 Å². The number of fused-ring (bicyclic) bond motifs is 3. The number of benzene rings is 1. The lowest BCUT2D eigenvalue weighted by atomic mass is 9.61. The van der Waals surface area contributed by atoms with E-state index in [1.165, 1.54) is 22.4 Å². The van der Waals surface area contributed by atoms with Gasteiger partial charge >= 0.3 is 0 Å². The first-order valence-electron chi connectivity index (χ1n) is 9.99. The zero-order valence-corrected chi connectivity index (χ0v) is 17.7. The van der Waals surface area contributed by atoms with Crippen LogP contribution >= 0.6 is 11.3 Å². The van der Waals surface area contributed by atoms with Crippen LogP contribution in [0.5, 0.6) is 0 Å². The number of rotatable bonds is 4. The second kappa shape index (κ2) is 6.63. The number of allylic oxidation sites excluding steroid dienone is 1. The minimum Gasteiger partial charge on any atom is -0.398 e. The van der Waals surface area contributed by atoms with Gasteiger partial charge in [0, 0.05) is 10.6 Å². The zero-order valence-electron chi connectivity index (χ0n) is 16.9. The Bertz CT molecular complexity index is 927. The van der Waals surface area contributed by atoms with E-state index in [1.807, 2.05) is 32.1 Å². The Labute approximate surface area is 166 Å². The van der Waals surface area contributed by atoms with E-state index in [9.17, 15) is 4.79 Å². The predicted molar refractivity (Wildman–Crippen MR) is 116 cm³/mol. The van der Waals surface area contributed by atoms with E-state index in [0.29, 0.717) is 5.92 Å². The van der Waals surface area contributed by atoms with Crippen LogP contribution in [0.3, 0.4) is 0 Å². The van der Waals surface area contributed by atoms with Gasteiger partial charge in [0.05, 0.1) is 4.88 Å². The summed E-state index contributed by atoms with van der Waals surface area (Å²) in [5.74, 6) is 3.19. The highest BCUT2D eigenvalue weighted by molar-refractivity contribution is 7.14. The first-order valence-corrected chi connectivity index (χ1v) is 10.8. The maximum absolute atomic E-state index is 13.0. The van der Waals surface area contributed by atoms with Crippen LogP contribution in [0.4, 0.5) is 5.69 Å². The molecule has 2 aliphatic rings. The molecule has 0 spiro atoms. The molecule has 1 aromatic heterocycles. The van der Waals surface area contributed by atoms with Crippen molar-refractivity contribution in [3.8, 4) is 0 Å². The van der Waals surface area contributed by atoms with E-state index in [0.717, 1.165) is 51.4 Å². The lowest BCUT2D eigenvalue weighted by Gasteiger charge is -2.44. The summed E-state index contributed by atoms with van der Waals surface area (Å²) in [5.41, 5.74) is 12.9. The Balaban J connectivity index is 1.59. The fraction of sp³-hybridized carbons (Fsp3) is 0.458. The van der Waals surface area contributed by atoms with Gasteiger partial charge in [0.15, 0.2) is 5.78 Å². The first-order chi connectivity index (χ1) is 12.8.